The number of amides is 1. The van der Waals surface area contributed by atoms with E-state index in [-0.39, 0.29) is 5.91 Å². The fourth-order valence-corrected chi connectivity index (χ4v) is 2.17. The van der Waals surface area contributed by atoms with E-state index in [1.165, 1.54) is 6.42 Å². The monoisotopic (exact) mass is 247 g/mol. The van der Waals surface area contributed by atoms with Gasteiger partial charge in [-0.3, -0.25) is 9.78 Å². The van der Waals surface area contributed by atoms with Crippen molar-refractivity contribution in [3.8, 4) is 0 Å². The SMILES string of the molecule is Cc1ccc(CNCC(=O)N2CCCCC2)cn1. The number of pyridine rings is 1. The number of nitrogens with one attached hydrogen (secondary N) is 1. The van der Waals surface area contributed by atoms with Crippen molar-refractivity contribution in [1.29, 1.82) is 0 Å². The summed E-state index contributed by atoms with van der Waals surface area (Å²) in [5.41, 5.74) is 2.13. The second-order valence-corrected chi connectivity index (χ2v) is 4.85. The summed E-state index contributed by atoms with van der Waals surface area (Å²) in [7, 11) is 0. The molecule has 0 unspecified atom stereocenters. The van der Waals surface area contributed by atoms with Gasteiger partial charge in [-0.05, 0) is 37.8 Å². The van der Waals surface area contributed by atoms with Crippen LogP contribution in [0.1, 0.15) is 30.5 Å². The van der Waals surface area contributed by atoms with Crippen LogP contribution in [0.25, 0.3) is 0 Å². The van der Waals surface area contributed by atoms with Gasteiger partial charge in [-0.25, -0.2) is 0 Å². The number of likely N-dealkylation sites (tertiary alicyclic amines) is 1. The molecule has 0 saturated carbocycles. The van der Waals surface area contributed by atoms with Crippen LogP contribution in [0.15, 0.2) is 18.3 Å². The van der Waals surface area contributed by atoms with Gasteiger partial charge in [0.15, 0.2) is 0 Å². The van der Waals surface area contributed by atoms with E-state index in [9.17, 15) is 4.79 Å². The molecular formula is C14H21N3O. The third-order valence-corrected chi connectivity index (χ3v) is 3.29. The molecule has 1 aromatic heterocycles. The smallest absolute Gasteiger partial charge is 0.236 e. The summed E-state index contributed by atoms with van der Waals surface area (Å²) in [5.74, 6) is 0.217. The maximum absolute atomic E-state index is 11.9. The van der Waals surface area contributed by atoms with Gasteiger partial charge in [-0.1, -0.05) is 6.07 Å². The summed E-state index contributed by atoms with van der Waals surface area (Å²) < 4.78 is 0. The molecule has 0 aliphatic carbocycles. The van der Waals surface area contributed by atoms with E-state index in [0.717, 1.165) is 37.2 Å². The quantitative estimate of drug-likeness (QED) is 0.877. The number of aromatic nitrogens is 1. The molecule has 2 heterocycles. The Hall–Kier alpha value is -1.42. The van der Waals surface area contributed by atoms with Gasteiger partial charge in [-0.15, -0.1) is 0 Å². The highest BCUT2D eigenvalue weighted by Crippen LogP contribution is 2.08. The van der Waals surface area contributed by atoms with E-state index >= 15 is 0 Å². The molecule has 4 heteroatoms. The minimum atomic E-state index is 0.217. The van der Waals surface area contributed by atoms with Crippen LogP contribution in [-0.4, -0.2) is 35.4 Å². The zero-order chi connectivity index (χ0) is 12.8. The molecule has 0 aromatic carbocycles. The normalized spacial score (nSPS) is 15.7. The minimum absolute atomic E-state index is 0.217. The average Bonchev–Trinajstić information content (AvgIpc) is 2.42. The molecule has 4 nitrogen and oxygen atoms in total. The molecule has 1 aromatic rings. The molecule has 1 saturated heterocycles. The Morgan fingerprint density at radius 3 is 2.78 bits per heavy atom. The molecular weight excluding hydrogens is 226 g/mol. The van der Waals surface area contributed by atoms with Gasteiger partial charge < -0.3 is 10.2 Å². The maximum Gasteiger partial charge on any atom is 0.236 e. The first-order valence-corrected chi connectivity index (χ1v) is 6.66. The Morgan fingerprint density at radius 1 is 1.33 bits per heavy atom. The fraction of sp³-hybridized carbons (Fsp3) is 0.571. The summed E-state index contributed by atoms with van der Waals surface area (Å²) in [6, 6.07) is 4.03. The molecule has 0 radical (unpaired) electrons. The van der Waals surface area contributed by atoms with Crippen molar-refractivity contribution in [3.63, 3.8) is 0 Å². The molecule has 18 heavy (non-hydrogen) atoms. The van der Waals surface area contributed by atoms with Crippen molar-refractivity contribution < 1.29 is 4.79 Å². The highest BCUT2D eigenvalue weighted by atomic mass is 16.2. The first kappa shape index (κ1) is 13.0. The summed E-state index contributed by atoms with van der Waals surface area (Å²) in [6.07, 6.45) is 5.40. The highest BCUT2D eigenvalue weighted by Gasteiger charge is 2.15. The van der Waals surface area contributed by atoms with Gasteiger partial charge in [0.05, 0.1) is 6.54 Å². The lowest BCUT2D eigenvalue weighted by atomic mass is 10.1. The first-order valence-electron chi connectivity index (χ1n) is 6.66. The number of carbonyl (C=O) groups excluding carboxylic acids is 1. The van der Waals surface area contributed by atoms with Crippen LogP contribution < -0.4 is 5.32 Å². The summed E-state index contributed by atoms with van der Waals surface area (Å²) in [4.78, 5) is 18.1. The number of piperidine rings is 1. The minimum Gasteiger partial charge on any atom is -0.342 e. The van der Waals surface area contributed by atoms with Gasteiger partial charge >= 0.3 is 0 Å². The van der Waals surface area contributed by atoms with Crippen LogP contribution in [-0.2, 0) is 11.3 Å². The van der Waals surface area contributed by atoms with Crippen LogP contribution >= 0.6 is 0 Å². The van der Waals surface area contributed by atoms with E-state index in [1.807, 2.05) is 30.2 Å². The predicted molar refractivity (Wildman–Crippen MR) is 71.1 cm³/mol. The molecule has 0 bridgehead atoms. The maximum atomic E-state index is 11.9. The molecule has 1 aliphatic rings. The predicted octanol–water partition coefficient (Wildman–Crippen LogP) is 1.49. The van der Waals surface area contributed by atoms with E-state index in [2.05, 4.69) is 10.3 Å². The lowest BCUT2D eigenvalue weighted by Crippen LogP contribution is -2.40. The second-order valence-electron chi connectivity index (χ2n) is 4.85. The van der Waals surface area contributed by atoms with E-state index in [0.29, 0.717) is 13.1 Å². The van der Waals surface area contributed by atoms with Crippen molar-refractivity contribution in [3.05, 3.63) is 29.6 Å². The molecule has 0 spiro atoms. The molecule has 1 fully saturated rings. The zero-order valence-electron chi connectivity index (χ0n) is 11.0. The molecule has 0 atom stereocenters. The van der Waals surface area contributed by atoms with Crippen LogP contribution in [0, 0.1) is 6.92 Å². The van der Waals surface area contributed by atoms with E-state index in [4.69, 9.17) is 0 Å². The topological polar surface area (TPSA) is 45.2 Å². The third-order valence-electron chi connectivity index (χ3n) is 3.29. The van der Waals surface area contributed by atoms with Gasteiger partial charge in [-0.2, -0.15) is 0 Å². The highest BCUT2D eigenvalue weighted by molar-refractivity contribution is 5.78. The number of hydrogen-bond acceptors (Lipinski definition) is 3. The summed E-state index contributed by atoms with van der Waals surface area (Å²) >= 11 is 0. The standard InChI is InChI=1S/C14H21N3O/c1-12-5-6-13(10-16-12)9-15-11-14(18)17-7-3-2-4-8-17/h5-6,10,15H,2-4,7-9,11H2,1H3. The van der Waals surface area contributed by atoms with E-state index < -0.39 is 0 Å². The zero-order valence-corrected chi connectivity index (χ0v) is 11.0. The van der Waals surface area contributed by atoms with Gasteiger partial charge in [0.2, 0.25) is 5.91 Å². The summed E-state index contributed by atoms with van der Waals surface area (Å²) in [6.45, 7) is 4.94. The lowest BCUT2D eigenvalue weighted by Gasteiger charge is -2.26. The van der Waals surface area contributed by atoms with Crippen molar-refractivity contribution >= 4 is 5.91 Å². The fourth-order valence-electron chi connectivity index (χ4n) is 2.17. The van der Waals surface area contributed by atoms with Gasteiger partial charge in [0.1, 0.15) is 0 Å². The molecule has 1 aliphatic heterocycles. The average molecular weight is 247 g/mol. The van der Waals surface area contributed by atoms with Crippen molar-refractivity contribution in [2.45, 2.75) is 32.7 Å². The number of aryl methyl sites for hydroxylation is 1. The van der Waals surface area contributed by atoms with E-state index in [1.54, 1.807) is 0 Å². The Kier molecular flexibility index (Phi) is 4.70. The molecule has 2 rings (SSSR count). The van der Waals surface area contributed by atoms with Crippen LogP contribution in [0.2, 0.25) is 0 Å². The number of hydrogen-bond donors (Lipinski definition) is 1. The largest absolute Gasteiger partial charge is 0.342 e. The Balaban J connectivity index is 1.71. The Morgan fingerprint density at radius 2 is 2.11 bits per heavy atom. The Labute approximate surface area is 108 Å². The van der Waals surface area contributed by atoms with Crippen LogP contribution in [0.5, 0.6) is 0 Å². The molecule has 1 amide bonds. The molecule has 1 N–H and O–H groups in total. The number of rotatable bonds is 4. The number of nitrogens with zero attached hydrogens (tertiary/aromatic N) is 2. The first-order chi connectivity index (χ1) is 8.75. The van der Waals surface area contributed by atoms with Gasteiger partial charge in [0, 0.05) is 31.5 Å². The lowest BCUT2D eigenvalue weighted by molar-refractivity contribution is -0.131. The number of carbonyl (C=O) groups is 1. The van der Waals surface area contributed by atoms with Crippen molar-refractivity contribution in [2.24, 2.45) is 0 Å². The Bertz CT molecular complexity index is 383. The van der Waals surface area contributed by atoms with Crippen LogP contribution in [0.3, 0.4) is 0 Å². The van der Waals surface area contributed by atoms with Gasteiger partial charge in [0.25, 0.3) is 0 Å². The molecule has 98 valence electrons. The van der Waals surface area contributed by atoms with Crippen molar-refractivity contribution in [2.75, 3.05) is 19.6 Å². The van der Waals surface area contributed by atoms with Crippen molar-refractivity contribution in [1.82, 2.24) is 15.2 Å². The third kappa shape index (κ3) is 3.81. The summed E-state index contributed by atoms with van der Waals surface area (Å²) in [5, 5.41) is 3.19. The second kappa shape index (κ2) is 6.50. The van der Waals surface area contributed by atoms with Crippen LogP contribution in [0.4, 0.5) is 0 Å².